The minimum atomic E-state index is -0.140. The number of aliphatic imine (C=N–C) groups is 2. The molecule has 7 aromatic heterocycles. The minimum absolute atomic E-state index is 0.0555. The topological polar surface area (TPSA) is 348 Å². The van der Waals surface area contributed by atoms with Crippen LogP contribution in [0.1, 0.15) is 146 Å². The summed E-state index contributed by atoms with van der Waals surface area (Å²) in [6, 6.07) is 1.27. The summed E-state index contributed by atoms with van der Waals surface area (Å²) in [5.74, 6) is 4.55. The molecule has 5 aliphatic carbocycles. The quantitative estimate of drug-likeness (QED) is 0.0378. The van der Waals surface area contributed by atoms with Crippen molar-refractivity contribution in [1.82, 2.24) is 110 Å². The number of carbonyl (C=O) groups is 1. The predicted octanol–water partition coefficient (Wildman–Crippen LogP) is 3.31. The molecule has 6 fully saturated rings. The number of aromatic nitrogens is 19. The summed E-state index contributed by atoms with van der Waals surface area (Å²) >= 11 is 0. The van der Waals surface area contributed by atoms with Gasteiger partial charge >= 0.3 is 6.03 Å². The van der Waals surface area contributed by atoms with Gasteiger partial charge in [0, 0.05) is 87.2 Å². The maximum Gasteiger partial charge on any atom is 0.315 e. The van der Waals surface area contributed by atoms with E-state index in [0.29, 0.717) is 97.3 Å². The maximum absolute atomic E-state index is 13.8. The molecule has 0 aromatic carbocycles. The number of anilines is 3. The van der Waals surface area contributed by atoms with Crippen molar-refractivity contribution < 1.29 is 15.0 Å². The standard InChI is InChI=1S/C55H77N27O3/c1-3-79-73-44(70-75-79)17-19-56-52-66-48(46-49(67-52)78(31-60-46)40-13-14-41(24-40)81-62-27-38(29-84)72-81)63-34-6-8-35(9-7-34)64-54(85)65-36-10-15-42(16-11-36)82(21-22-82)51-47-50(68-53(69-51)57-20-18-45-71-76-80(4-2)74-45)77(32-61-47)39-12-5-33(23-39)55-25-43(55)58-26-37(28-83)59-30-55/h26-27,31-36,39-43,83-84H,3-25,28-30H2,1-2H3,(H4-,56,57,63,64,65,66,67,68,69,85)/p+1/t33?,34?,35?,36?,39-,40-,41?,42?,43?,55?/m0/s1. The zero-order chi connectivity index (χ0) is 57.7. The van der Waals surface area contributed by atoms with Crippen LogP contribution in [0.4, 0.5) is 28.3 Å². The first-order valence-corrected chi connectivity index (χ1v) is 31.1. The van der Waals surface area contributed by atoms with Gasteiger partial charge in [0.2, 0.25) is 11.9 Å². The van der Waals surface area contributed by atoms with Crippen molar-refractivity contribution in [2.45, 2.75) is 191 Å². The van der Waals surface area contributed by atoms with Gasteiger partial charge in [-0.3, -0.25) is 14.5 Å². The predicted molar refractivity (Wildman–Crippen MR) is 314 cm³/mol. The summed E-state index contributed by atoms with van der Waals surface area (Å²) in [6.45, 7) is 8.86. The second-order valence-corrected chi connectivity index (χ2v) is 24.6. The molecular formula is C55H78N27O3+. The van der Waals surface area contributed by atoms with E-state index in [2.05, 4.69) is 76.7 Å². The molecule has 6 atom stereocenters. The van der Waals surface area contributed by atoms with Crippen LogP contribution < -0.4 is 31.1 Å². The van der Waals surface area contributed by atoms with Crippen molar-refractivity contribution in [3.8, 4) is 0 Å². The lowest BCUT2D eigenvalue weighted by atomic mass is 9.86. The highest BCUT2D eigenvalue weighted by atomic mass is 16.3. The number of aliphatic hydroxyl groups is 2. The van der Waals surface area contributed by atoms with Crippen LogP contribution in [0.25, 0.3) is 22.3 Å². The van der Waals surface area contributed by atoms with Crippen LogP contribution in [0.3, 0.4) is 0 Å². The molecule has 0 bridgehead atoms. The number of aliphatic hydroxyl groups excluding tert-OH is 2. The Morgan fingerprint density at radius 1 is 0.694 bits per heavy atom. The van der Waals surface area contributed by atoms with Gasteiger partial charge in [0.25, 0.3) is 5.82 Å². The Bertz CT molecular complexity index is 3560. The number of urea groups is 1. The summed E-state index contributed by atoms with van der Waals surface area (Å²) in [6.07, 6.45) is 22.3. The Balaban J connectivity index is 0.602. The van der Waals surface area contributed by atoms with Gasteiger partial charge in [-0.2, -0.15) is 44.5 Å². The fourth-order valence-corrected chi connectivity index (χ4v) is 14.6. The lowest BCUT2D eigenvalue weighted by Gasteiger charge is -2.35. The normalized spacial score (nSPS) is 27.9. The number of hydrogen-bond donors (Lipinski definition) is 7. The van der Waals surface area contributed by atoms with Crippen molar-refractivity contribution >= 4 is 63.8 Å². The van der Waals surface area contributed by atoms with Gasteiger partial charge < -0.3 is 45.9 Å². The molecule has 14 rings (SSSR count). The van der Waals surface area contributed by atoms with Gasteiger partial charge in [-0.25, -0.2) is 14.8 Å². The van der Waals surface area contributed by atoms with Crippen LogP contribution >= 0.6 is 0 Å². The summed E-state index contributed by atoms with van der Waals surface area (Å²) < 4.78 is 5.24. The largest absolute Gasteiger partial charge is 0.390 e. The van der Waals surface area contributed by atoms with Crippen molar-refractivity contribution in [2.75, 3.05) is 55.3 Å². The second kappa shape index (κ2) is 23.3. The average Bonchev–Trinajstić information content (AvgIpc) is 1.73. The molecule has 1 saturated heterocycles. The summed E-state index contributed by atoms with van der Waals surface area (Å²) in [5, 5.41) is 71.3. The molecule has 2 aliphatic heterocycles. The average molecular weight is 1170 g/mol. The van der Waals surface area contributed by atoms with Crippen LogP contribution in [-0.4, -0.2) is 192 Å². The highest BCUT2D eigenvalue weighted by molar-refractivity contribution is 6.31. The SMILES string of the molecule is CCn1nnc(CCNc2nc(NC3CCC(NC(=O)NC4CCC([N+]5(c6nc(NCCc7nnn(CC)n7)nc7c6ncn7[C@H]6CCC(C78CN=C(CO)C=NC7C8)C6)CC5)CC4)CC3)c3ncn([C@H]4CCC(n5ncc(CO)n5)C4)c3n2)n1. The van der Waals surface area contributed by atoms with Gasteiger partial charge in [-0.15, -0.1) is 20.4 Å². The van der Waals surface area contributed by atoms with E-state index in [-0.39, 0.29) is 67.0 Å². The third kappa shape index (κ3) is 11.1. The van der Waals surface area contributed by atoms with Crippen molar-refractivity contribution in [1.29, 1.82) is 0 Å². The molecule has 5 saturated carbocycles. The lowest BCUT2D eigenvalue weighted by molar-refractivity contribution is 0.215. The second-order valence-electron chi connectivity index (χ2n) is 24.6. The molecule has 450 valence electrons. The van der Waals surface area contributed by atoms with E-state index in [1.54, 1.807) is 26.8 Å². The number of imidazole rings is 2. The molecule has 30 nitrogen and oxygen atoms in total. The van der Waals surface area contributed by atoms with Crippen molar-refractivity contribution in [3.63, 3.8) is 0 Å². The first kappa shape index (κ1) is 55.2. The molecule has 4 unspecified atom stereocenters. The zero-order valence-corrected chi connectivity index (χ0v) is 48.5. The Labute approximate surface area is 490 Å². The van der Waals surface area contributed by atoms with Crippen molar-refractivity contribution in [3.05, 3.63) is 36.2 Å². The van der Waals surface area contributed by atoms with E-state index >= 15 is 0 Å². The number of carbonyl (C=O) groups excluding carboxylic acids is 1. The Hall–Kier alpha value is -7.73. The minimum Gasteiger partial charge on any atom is -0.390 e. The van der Waals surface area contributed by atoms with Gasteiger partial charge in [0.15, 0.2) is 39.8 Å². The number of quaternary nitrogens is 1. The lowest BCUT2D eigenvalue weighted by Crippen LogP contribution is -2.51. The summed E-state index contributed by atoms with van der Waals surface area (Å²) in [7, 11) is 0. The van der Waals surface area contributed by atoms with Crippen LogP contribution in [0.2, 0.25) is 0 Å². The third-order valence-electron chi connectivity index (χ3n) is 19.5. The number of fused-ring (bicyclic) bond motifs is 3. The molecule has 85 heavy (non-hydrogen) atoms. The van der Waals surface area contributed by atoms with Gasteiger partial charge in [0.05, 0.1) is 69.0 Å². The van der Waals surface area contributed by atoms with E-state index in [1.807, 2.05) is 26.5 Å². The summed E-state index contributed by atoms with van der Waals surface area (Å²) in [5.41, 5.74) is 4.52. The van der Waals surface area contributed by atoms with E-state index in [0.717, 1.165) is 143 Å². The van der Waals surface area contributed by atoms with E-state index in [9.17, 15) is 15.0 Å². The van der Waals surface area contributed by atoms with Crippen LogP contribution in [0, 0.1) is 11.3 Å². The number of aryl methyl sites for hydroxylation is 2. The molecule has 7 aliphatic rings. The number of amides is 2. The fourth-order valence-electron chi connectivity index (χ4n) is 14.6. The fraction of sp³-hybridized carbons (Fsp3) is 0.691. The van der Waals surface area contributed by atoms with Crippen LogP contribution in [-0.2, 0) is 32.5 Å². The zero-order valence-electron chi connectivity index (χ0n) is 48.5. The number of hydrogen-bond acceptors (Lipinski definition) is 22. The van der Waals surface area contributed by atoms with E-state index < -0.39 is 0 Å². The number of nitrogens with zero attached hydrogens (tertiary/aromatic N) is 22. The molecule has 9 heterocycles. The molecular weight excluding hydrogens is 1090 g/mol. The van der Waals surface area contributed by atoms with Crippen molar-refractivity contribution in [2.24, 2.45) is 21.3 Å². The Kier molecular flexibility index (Phi) is 15.1. The Morgan fingerprint density at radius 3 is 1.96 bits per heavy atom. The molecule has 7 N–H and O–H groups in total. The molecule has 2 amide bonds. The molecule has 30 heteroatoms. The number of rotatable bonds is 22. The molecule has 7 aromatic rings. The first-order valence-electron chi connectivity index (χ1n) is 31.1. The summed E-state index contributed by atoms with van der Waals surface area (Å²) in [4.78, 5) is 58.8. The first-order chi connectivity index (χ1) is 41.7. The third-order valence-corrected chi connectivity index (χ3v) is 19.5. The van der Waals surface area contributed by atoms with Gasteiger partial charge in [0.1, 0.15) is 18.8 Å². The highest BCUT2D eigenvalue weighted by Crippen LogP contribution is 2.61. The van der Waals surface area contributed by atoms with Crippen LogP contribution in [0.15, 0.2) is 28.8 Å². The smallest absolute Gasteiger partial charge is 0.315 e. The van der Waals surface area contributed by atoms with Crippen LogP contribution in [0.5, 0.6) is 0 Å². The van der Waals surface area contributed by atoms with E-state index in [4.69, 9.17) is 39.9 Å². The maximum atomic E-state index is 13.8. The monoisotopic (exact) mass is 1160 g/mol. The molecule has 0 radical (unpaired) electrons. The number of nitrogens with one attached hydrogen (secondary N) is 5. The van der Waals surface area contributed by atoms with E-state index in [1.165, 1.54) is 0 Å². The highest BCUT2D eigenvalue weighted by Gasteiger charge is 2.61. The van der Waals surface area contributed by atoms with Gasteiger partial charge in [-0.1, -0.05) is 0 Å². The Morgan fingerprint density at radius 2 is 1.32 bits per heavy atom. The number of tetrazole rings is 2. The molecule has 0 spiro atoms. The van der Waals surface area contributed by atoms with Gasteiger partial charge in [-0.05, 0) is 114 Å².